The highest BCUT2D eigenvalue weighted by atomic mass is 16.2. The summed E-state index contributed by atoms with van der Waals surface area (Å²) in [5.74, 6) is 0.486. The Morgan fingerprint density at radius 3 is 3.00 bits per heavy atom. The number of allylic oxidation sites excluding steroid dienone is 4. The third kappa shape index (κ3) is 3.07. The van der Waals surface area contributed by atoms with E-state index in [2.05, 4.69) is 17.6 Å². The zero-order valence-corrected chi connectivity index (χ0v) is 12.1. The molecule has 1 fully saturated rings. The average Bonchev–Trinajstić information content (AvgIpc) is 2.99. The minimum atomic E-state index is 0.211. The van der Waals surface area contributed by atoms with Gasteiger partial charge in [0.25, 0.3) is 0 Å². The second-order valence-corrected chi connectivity index (χ2v) is 5.05. The number of rotatable bonds is 5. The number of imidazole rings is 1. The monoisotopic (exact) mass is 271 g/mol. The van der Waals surface area contributed by atoms with Crippen LogP contribution in [0.15, 0.2) is 49.0 Å². The Morgan fingerprint density at radius 1 is 1.60 bits per heavy atom. The first-order valence-electron chi connectivity index (χ1n) is 6.84. The van der Waals surface area contributed by atoms with Crippen LogP contribution in [0.25, 0.3) is 0 Å². The van der Waals surface area contributed by atoms with Crippen LogP contribution in [0.4, 0.5) is 0 Å². The van der Waals surface area contributed by atoms with Gasteiger partial charge in [0.1, 0.15) is 0 Å². The third-order valence-electron chi connectivity index (χ3n) is 3.71. The lowest BCUT2D eigenvalue weighted by atomic mass is 9.97. The molecule has 1 atom stereocenters. The molecule has 106 valence electrons. The van der Waals surface area contributed by atoms with Crippen LogP contribution in [0, 0.1) is 5.92 Å². The van der Waals surface area contributed by atoms with Crippen LogP contribution in [0.3, 0.4) is 0 Å². The lowest BCUT2D eigenvalue weighted by Gasteiger charge is -2.17. The second-order valence-electron chi connectivity index (χ2n) is 5.05. The van der Waals surface area contributed by atoms with Crippen molar-refractivity contribution in [3.8, 4) is 0 Å². The molecule has 0 saturated carbocycles. The summed E-state index contributed by atoms with van der Waals surface area (Å²) in [6.45, 7) is 7.09. The van der Waals surface area contributed by atoms with Crippen molar-refractivity contribution >= 4 is 5.91 Å². The van der Waals surface area contributed by atoms with Gasteiger partial charge in [-0.15, -0.1) is 0 Å². The first-order chi connectivity index (χ1) is 9.65. The molecule has 1 saturated heterocycles. The van der Waals surface area contributed by atoms with Gasteiger partial charge >= 0.3 is 0 Å². The maximum absolute atomic E-state index is 12.1. The number of amides is 1. The van der Waals surface area contributed by atoms with Gasteiger partial charge in [-0.05, 0) is 12.5 Å². The Bertz CT molecular complexity index is 554. The van der Waals surface area contributed by atoms with Gasteiger partial charge in [0.2, 0.25) is 5.91 Å². The first kappa shape index (κ1) is 14.3. The quantitative estimate of drug-likeness (QED) is 0.772. The third-order valence-corrected chi connectivity index (χ3v) is 3.71. The van der Waals surface area contributed by atoms with Crippen molar-refractivity contribution in [3.05, 3.63) is 54.7 Å². The Kier molecular flexibility index (Phi) is 4.56. The minimum absolute atomic E-state index is 0.211. The molecule has 1 aliphatic heterocycles. The van der Waals surface area contributed by atoms with E-state index in [0.29, 0.717) is 13.0 Å². The molecular weight excluding hydrogens is 250 g/mol. The van der Waals surface area contributed by atoms with Gasteiger partial charge in [0, 0.05) is 32.1 Å². The van der Waals surface area contributed by atoms with Crippen molar-refractivity contribution in [2.45, 2.75) is 19.9 Å². The van der Waals surface area contributed by atoms with Crippen molar-refractivity contribution in [1.29, 1.82) is 0 Å². The number of aryl methyl sites for hydroxylation is 1. The number of likely N-dealkylation sites (tertiary alicyclic amines) is 1. The number of aromatic nitrogens is 2. The topological polar surface area (TPSA) is 38.1 Å². The van der Waals surface area contributed by atoms with Gasteiger partial charge in [-0.1, -0.05) is 30.9 Å². The molecule has 0 spiro atoms. The fraction of sp³-hybridized carbons (Fsp3) is 0.375. The molecule has 1 amide bonds. The van der Waals surface area contributed by atoms with E-state index in [1.54, 1.807) is 12.4 Å². The molecular formula is C16H21N3O. The number of carbonyl (C=O) groups is 1. The molecule has 0 radical (unpaired) electrons. The summed E-state index contributed by atoms with van der Waals surface area (Å²) in [6, 6.07) is 0. The number of hydrogen-bond acceptors (Lipinski definition) is 2. The standard InChI is InChI=1S/C16H21N3O/c1-4-6-7-13(5-2)14-8-16(20)19(10-14)11-15-9-17-12-18(15)3/h4-7,9,12,14H,1,8,10-11H2,2-3H3/b7-6-,13-5+. The van der Waals surface area contributed by atoms with Gasteiger partial charge in [-0.3, -0.25) is 4.79 Å². The van der Waals surface area contributed by atoms with Crippen LogP contribution in [-0.2, 0) is 18.4 Å². The Labute approximate surface area is 120 Å². The summed E-state index contributed by atoms with van der Waals surface area (Å²) in [5.41, 5.74) is 2.26. The minimum Gasteiger partial charge on any atom is -0.336 e. The molecule has 1 aromatic rings. The van der Waals surface area contributed by atoms with Gasteiger partial charge in [-0.2, -0.15) is 0 Å². The normalized spacial score (nSPS) is 20.1. The molecule has 1 aliphatic rings. The zero-order chi connectivity index (χ0) is 14.5. The summed E-state index contributed by atoms with van der Waals surface area (Å²) in [6.07, 6.45) is 12.0. The van der Waals surface area contributed by atoms with Crippen LogP contribution in [0.1, 0.15) is 19.0 Å². The van der Waals surface area contributed by atoms with E-state index in [1.165, 1.54) is 5.57 Å². The van der Waals surface area contributed by atoms with Gasteiger partial charge in [0.15, 0.2) is 0 Å². The molecule has 1 unspecified atom stereocenters. The highest BCUT2D eigenvalue weighted by molar-refractivity contribution is 5.79. The van der Waals surface area contributed by atoms with E-state index >= 15 is 0 Å². The predicted octanol–water partition coefficient (Wildman–Crippen LogP) is 2.46. The largest absolute Gasteiger partial charge is 0.336 e. The van der Waals surface area contributed by atoms with E-state index in [-0.39, 0.29) is 11.8 Å². The molecule has 2 heterocycles. The fourth-order valence-corrected chi connectivity index (χ4v) is 2.53. The molecule has 4 nitrogen and oxygen atoms in total. The maximum Gasteiger partial charge on any atom is 0.223 e. The van der Waals surface area contributed by atoms with Crippen molar-refractivity contribution in [2.24, 2.45) is 13.0 Å². The predicted molar refractivity (Wildman–Crippen MR) is 79.8 cm³/mol. The zero-order valence-electron chi connectivity index (χ0n) is 12.1. The summed E-state index contributed by atoms with van der Waals surface area (Å²) >= 11 is 0. The molecule has 1 aromatic heterocycles. The van der Waals surface area contributed by atoms with Crippen molar-refractivity contribution in [1.82, 2.24) is 14.5 Å². The van der Waals surface area contributed by atoms with Crippen LogP contribution < -0.4 is 0 Å². The smallest absolute Gasteiger partial charge is 0.223 e. The Balaban J connectivity index is 2.05. The Morgan fingerprint density at radius 2 is 2.40 bits per heavy atom. The number of hydrogen-bond donors (Lipinski definition) is 0. The molecule has 20 heavy (non-hydrogen) atoms. The molecule has 4 heteroatoms. The number of nitrogens with zero attached hydrogens (tertiary/aromatic N) is 3. The van der Waals surface area contributed by atoms with Crippen LogP contribution in [-0.4, -0.2) is 26.9 Å². The van der Waals surface area contributed by atoms with E-state index in [9.17, 15) is 4.79 Å². The molecule has 0 N–H and O–H groups in total. The summed E-state index contributed by atoms with van der Waals surface area (Å²) in [7, 11) is 1.95. The fourth-order valence-electron chi connectivity index (χ4n) is 2.53. The van der Waals surface area contributed by atoms with Crippen LogP contribution >= 0.6 is 0 Å². The van der Waals surface area contributed by atoms with Crippen LogP contribution in [0.5, 0.6) is 0 Å². The Hall–Kier alpha value is -2.10. The molecule has 0 aliphatic carbocycles. The average molecular weight is 271 g/mol. The lowest BCUT2D eigenvalue weighted by molar-refractivity contribution is -0.128. The maximum atomic E-state index is 12.1. The van der Waals surface area contributed by atoms with Crippen LogP contribution in [0.2, 0.25) is 0 Å². The highest BCUT2D eigenvalue weighted by Gasteiger charge is 2.31. The SMILES string of the molecule is C=C/C=C\C(=C/C)C1CC(=O)N(Cc2cncn2C)C1. The van der Waals surface area contributed by atoms with Gasteiger partial charge in [-0.25, -0.2) is 4.98 Å². The number of carbonyl (C=O) groups excluding carboxylic acids is 1. The van der Waals surface area contributed by atoms with E-state index in [1.807, 2.05) is 41.8 Å². The van der Waals surface area contributed by atoms with Gasteiger partial charge in [0.05, 0.1) is 18.6 Å². The first-order valence-corrected chi connectivity index (χ1v) is 6.84. The molecule has 2 rings (SSSR count). The van der Waals surface area contributed by atoms with Gasteiger partial charge < -0.3 is 9.47 Å². The summed E-state index contributed by atoms with van der Waals surface area (Å²) in [4.78, 5) is 18.1. The second kappa shape index (κ2) is 6.37. The highest BCUT2D eigenvalue weighted by Crippen LogP contribution is 2.27. The molecule has 0 aromatic carbocycles. The van der Waals surface area contributed by atoms with Crippen molar-refractivity contribution in [3.63, 3.8) is 0 Å². The summed E-state index contributed by atoms with van der Waals surface area (Å²) < 4.78 is 1.95. The van der Waals surface area contributed by atoms with E-state index < -0.39 is 0 Å². The molecule has 0 bridgehead atoms. The van der Waals surface area contributed by atoms with Crippen molar-refractivity contribution < 1.29 is 4.79 Å². The van der Waals surface area contributed by atoms with E-state index in [4.69, 9.17) is 0 Å². The lowest BCUT2D eigenvalue weighted by Crippen LogP contribution is -2.25. The van der Waals surface area contributed by atoms with Crippen molar-refractivity contribution in [2.75, 3.05) is 6.54 Å². The van der Waals surface area contributed by atoms with E-state index in [0.717, 1.165) is 12.2 Å². The summed E-state index contributed by atoms with van der Waals surface area (Å²) in [5, 5.41) is 0.